The van der Waals surface area contributed by atoms with Crippen molar-refractivity contribution in [3.8, 4) is 17.2 Å². The van der Waals surface area contributed by atoms with E-state index in [0.29, 0.717) is 33.4 Å². The number of ether oxygens (including phenoxy) is 3. The molecule has 1 heterocycles. The second-order valence-electron chi connectivity index (χ2n) is 6.73. The van der Waals surface area contributed by atoms with Crippen LogP contribution in [0.25, 0.3) is 0 Å². The van der Waals surface area contributed by atoms with Crippen LogP contribution in [0.1, 0.15) is 16.8 Å². The van der Waals surface area contributed by atoms with E-state index in [-0.39, 0.29) is 12.2 Å². The molecule has 3 aromatic carbocycles. The molecule has 0 saturated carbocycles. The highest BCUT2D eigenvalue weighted by atomic mass is 31.2. The smallest absolute Gasteiger partial charge is 0.182 e. The van der Waals surface area contributed by atoms with Gasteiger partial charge in [0.2, 0.25) is 0 Å². The molecule has 0 bridgehead atoms. The maximum absolute atomic E-state index is 14.5. The van der Waals surface area contributed by atoms with Gasteiger partial charge in [-0.2, -0.15) is 0 Å². The number of benzene rings is 3. The Bertz CT molecular complexity index is 1040. The first-order valence-electron chi connectivity index (χ1n) is 9.24. The van der Waals surface area contributed by atoms with Gasteiger partial charge in [-0.05, 0) is 0 Å². The zero-order valence-corrected chi connectivity index (χ0v) is 17.1. The van der Waals surface area contributed by atoms with Gasteiger partial charge in [-0.25, -0.2) is 0 Å². The summed E-state index contributed by atoms with van der Waals surface area (Å²) in [5, 5.41) is 1.31. The highest BCUT2D eigenvalue weighted by molar-refractivity contribution is 7.79. The number of methoxy groups -OCH3 is 2. The van der Waals surface area contributed by atoms with Crippen LogP contribution in [-0.2, 0) is 4.57 Å². The minimum Gasteiger partial charge on any atom is -0.496 e. The number of hydrogen-bond acceptors (Lipinski definition) is 5. The van der Waals surface area contributed by atoms with Crippen LogP contribution in [0.4, 0.5) is 0 Å². The van der Waals surface area contributed by atoms with Gasteiger partial charge in [0.05, 0.1) is 20.6 Å². The molecule has 0 aromatic heterocycles. The fourth-order valence-electron chi connectivity index (χ4n) is 3.64. The summed E-state index contributed by atoms with van der Waals surface area (Å²) >= 11 is 0. The first kappa shape index (κ1) is 19.3. The Morgan fingerprint density at radius 1 is 0.897 bits per heavy atom. The van der Waals surface area contributed by atoms with Crippen molar-refractivity contribution in [1.82, 2.24) is 0 Å². The van der Waals surface area contributed by atoms with Crippen molar-refractivity contribution in [3.05, 3.63) is 78.4 Å². The van der Waals surface area contributed by atoms with Gasteiger partial charge in [-0.15, -0.1) is 0 Å². The van der Waals surface area contributed by atoms with Gasteiger partial charge < -0.3 is 18.8 Å². The van der Waals surface area contributed by atoms with Crippen molar-refractivity contribution in [2.24, 2.45) is 0 Å². The molecule has 5 nitrogen and oxygen atoms in total. The summed E-state index contributed by atoms with van der Waals surface area (Å²) in [6.45, 7) is 0. The van der Waals surface area contributed by atoms with Crippen LogP contribution in [0.15, 0.2) is 72.8 Å². The minimum absolute atomic E-state index is 0.00322. The van der Waals surface area contributed by atoms with Crippen molar-refractivity contribution >= 4 is 23.5 Å². The van der Waals surface area contributed by atoms with E-state index >= 15 is 0 Å². The third-order valence-electron chi connectivity index (χ3n) is 5.08. The molecule has 3 aromatic rings. The quantitative estimate of drug-likeness (QED) is 0.597. The van der Waals surface area contributed by atoms with Crippen molar-refractivity contribution in [2.45, 2.75) is 12.3 Å². The summed E-state index contributed by atoms with van der Waals surface area (Å²) in [5.74, 6) is 0.238. The molecular formula is C23H21O5P. The predicted octanol–water partition coefficient (Wildman–Crippen LogP) is 4.01. The van der Waals surface area contributed by atoms with Gasteiger partial charge >= 0.3 is 0 Å². The molecule has 6 heteroatoms. The fourth-order valence-corrected chi connectivity index (χ4v) is 6.52. The second-order valence-corrected chi connectivity index (χ2v) is 9.66. The standard InChI is InChI=1S/C23H21O5P/c1-26-16-13-20(27-2)23-19(24)15-22(28-21(23)14-16)29(25,17-9-5-3-6-10-17)18-11-7-4-8-12-18/h3-14,22H,15H2,1-2H3. The van der Waals surface area contributed by atoms with E-state index in [4.69, 9.17) is 14.2 Å². The molecule has 0 fully saturated rings. The zero-order valence-electron chi connectivity index (χ0n) is 16.2. The summed E-state index contributed by atoms with van der Waals surface area (Å²) in [7, 11) is -0.241. The van der Waals surface area contributed by atoms with Crippen molar-refractivity contribution < 1.29 is 23.6 Å². The molecule has 0 aliphatic carbocycles. The molecule has 0 amide bonds. The Labute approximate surface area is 169 Å². The van der Waals surface area contributed by atoms with E-state index in [1.165, 1.54) is 14.2 Å². The van der Waals surface area contributed by atoms with E-state index in [0.717, 1.165) is 0 Å². The molecule has 1 aliphatic heterocycles. The number of Topliss-reactive ketones (excluding diaryl/α,β-unsaturated/α-hetero) is 1. The SMILES string of the molecule is COc1cc(OC)c2c(c1)OC(P(=O)(c1ccccc1)c1ccccc1)CC2=O. The van der Waals surface area contributed by atoms with Crippen molar-refractivity contribution in [3.63, 3.8) is 0 Å². The first-order chi connectivity index (χ1) is 14.1. The lowest BCUT2D eigenvalue weighted by Crippen LogP contribution is -2.35. The van der Waals surface area contributed by atoms with E-state index in [1.807, 2.05) is 60.7 Å². The van der Waals surface area contributed by atoms with Gasteiger partial charge in [0.1, 0.15) is 22.8 Å². The van der Waals surface area contributed by atoms with Crippen molar-refractivity contribution in [2.75, 3.05) is 14.2 Å². The van der Waals surface area contributed by atoms with E-state index in [2.05, 4.69) is 0 Å². The normalized spacial score (nSPS) is 15.9. The average molecular weight is 408 g/mol. The molecule has 1 atom stereocenters. The Balaban J connectivity index is 1.87. The van der Waals surface area contributed by atoms with Crippen molar-refractivity contribution in [1.29, 1.82) is 0 Å². The van der Waals surface area contributed by atoms with Crippen LogP contribution in [0, 0.1) is 0 Å². The van der Waals surface area contributed by atoms with Gasteiger partial charge in [0.25, 0.3) is 0 Å². The number of rotatable bonds is 5. The molecule has 0 N–H and O–H groups in total. The third-order valence-corrected chi connectivity index (χ3v) is 8.31. The molecule has 0 saturated heterocycles. The van der Waals surface area contributed by atoms with Gasteiger partial charge in [-0.1, -0.05) is 60.7 Å². The highest BCUT2D eigenvalue weighted by Crippen LogP contribution is 2.54. The highest BCUT2D eigenvalue weighted by Gasteiger charge is 2.43. The number of hydrogen-bond donors (Lipinski definition) is 0. The van der Waals surface area contributed by atoms with Gasteiger partial charge in [0, 0.05) is 22.7 Å². The van der Waals surface area contributed by atoms with Gasteiger partial charge in [-0.3, -0.25) is 4.79 Å². The number of ketones is 1. The lowest BCUT2D eigenvalue weighted by atomic mass is 10.0. The van der Waals surface area contributed by atoms with E-state index in [1.54, 1.807) is 12.1 Å². The fraction of sp³-hybridized carbons (Fsp3) is 0.174. The second kappa shape index (κ2) is 7.76. The Kier molecular flexibility index (Phi) is 5.16. The van der Waals surface area contributed by atoms with Crippen LogP contribution < -0.4 is 24.8 Å². The molecule has 0 radical (unpaired) electrons. The van der Waals surface area contributed by atoms with Crippen LogP contribution in [0.5, 0.6) is 17.2 Å². The summed E-state index contributed by atoms with van der Waals surface area (Å²) in [6.07, 6.45) is -0.00322. The number of fused-ring (bicyclic) bond motifs is 1. The topological polar surface area (TPSA) is 61.8 Å². The number of carbonyl (C=O) groups excluding carboxylic acids is 1. The first-order valence-corrected chi connectivity index (χ1v) is 11.0. The Morgan fingerprint density at radius 2 is 1.48 bits per heavy atom. The molecule has 1 aliphatic rings. The summed E-state index contributed by atoms with van der Waals surface area (Å²) in [5.41, 5.74) is 0.359. The Morgan fingerprint density at radius 3 is 2.00 bits per heavy atom. The third kappa shape index (κ3) is 3.32. The van der Waals surface area contributed by atoms with Crippen LogP contribution in [0.3, 0.4) is 0 Å². The van der Waals surface area contributed by atoms with Crippen LogP contribution in [0.2, 0.25) is 0 Å². The molecule has 29 heavy (non-hydrogen) atoms. The molecule has 0 spiro atoms. The lowest BCUT2D eigenvalue weighted by molar-refractivity contribution is 0.0907. The lowest BCUT2D eigenvalue weighted by Gasteiger charge is -2.33. The van der Waals surface area contributed by atoms with E-state index < -0.39 is 13.0 Å². The summed E-state index contributed by atoms with van der Waals surface area (Å²) in [4.78, 5) is 13.1. The molecule has 1 unspecified atom stereocenters. The monoisotopic (exact) mass is 408 g/mol. The average Bonchev–Trinajstić information content (AvgIpc) is 2.78. The molecule has 148 valence electrons. The predicted molar refractivity (Wildman–Crippen MR) is 113 cm³/mol. The van der Waals surface area contributed by atoms with Crippen LogP contribution >= 0.6 is 7.14 Å². The van der Waals surface area contributed by atoms with Crippen LogP contribution in [-0.4, -0.2) is 25.8 Å². The van der Waals surface area contributed by atoms with E-state index in [9.17, 15) is 9.36 Å². The Hall–Kier alpha value is -3.04. The number of carbonyl (C=O) groups is 1. The van der Waals surface area contributed by atoms with Gasteiger partial charge in [0.15, 0.2) is 18.8 Å². The minimum atomic E-state index is -3.26. The molecular weight excluding hydrogens is 387 g/mol. The summed E-state index contributed by atoms with van der Waals surface area (Å²) < 4.78 is 31.4. The summed E-state index contributed by atoms with van der Waals surface area (Å²) in [6, 6.07) is 21.7. The zero-order chi connectivity index (χ0) is 20.4. The maximum Gasteiger partial charge on any atom is 0.182 e. The largest absolute Gasteiger partial charge is 0.496 e. The molecule has 4 rings (SSSR count). The maximum atomic E-state index is 14.5.